The van der Waals surface area contributed by atoms with Crippen LogP contribution in [0, 0.1) is 0 Å². The highest BCUT2D eigenvalue weighted by Crippen LogP contribution is 2.51. The first-order chi connectivity index (χ1) is 7.95. The third kappa shape index (κ3) is 8.57. The molecule has 0 aliphatic carbocycles. The first-order valence-electron chi connectivity index (χ1n) is 5.20. The predicted octanol–water partition coefficient (Wildman–Crippen LogP) is 1.77. The van der Waals surface area contributed by atoms with E-state index in [0.717, 1.165) is 5.75 Å². The van der Waals surface area contributed by atoms with Crippen LogP contribution in [0.15, 0.2) is 25.3 Å². The van der Waals surface area contributed by atoms with Gasteiger partial charge in [-0.05, 0) is 12.7 Å². The van der Waals surface area contributed by atoms with Crippen molar-refractivity contribution in [3.8, 4) is 0 Å². The number of rotatable bonds is 5. The Morgan fingerprint density at radius 2 is 2.29 bits per heavy atom. The Morgan fingerprint density at radius 3 is 2.59 bits per heavy atom. The summed E-state index contributed by atoms with van der Waals surface area (Å²) in [5.41, 5.74) is -2.69. The molecule has 0 saturated heterocycles. The van der Waals surface area contributed by atoms with Crippen LogP contribution in [0.4, 0.5) is 0 Å². The Balaban J connectivity index is 0.000000302. The van der Waals surface area contributed by atoms with Gasteiger partial charge in [0.1, 0.15) is 12.4 Å². The maximum atomic E-state index is 11.0. The Morgan fingerprint density at radius 1 is 1.65 bits per heavy atom. The molecule has 1 aromatic heterocycles. The molecule has 0 radical (unpaired) electrons. The van der Waals surface area contributed by atoms with Gasteiger partial charge in [0.2, 0.25) is 6.33 Å². The average molecular weight is 294 g/mol. The van der Waals surface area contributed by atoms with Gasteiger partial charge in [0, 0.05) is 12.3 Å². The van der Waals surface area contributed by atoms with Gasteiger partial charge >= 0.3 is 0 Å². The fourth-order valence-electron chi connectivity index (χ4n) is 0.931. The molecule has 1 unspecified atom stereocenters. The fraction of sp³-hybridized carbons (Fsp3) is 0.500. The molecule has 0 N–H and O–H groups in total. The first-order valence-corrected chi connectivity index (χ1v) is 9.43. The summed E-state index contributed by atoms with van der Waals surface area (Å²) in [6, 6.07) is 0. The third-order valence-corrected chi connectivity index (χ3v) is 6.03. The molecule has 7 heteroatoms. The molecule has 1 atom stereocenters. The van der Waals surface area contributed by atoms with Crippen LogP contribution in [0.5, 0.6) is 0 Å². The fourth-order valence-corrected chi connectivity index (χ4v) is 4.39. The largest absolute Gasteiger partial charge is 0.793 e. The first kappa shape index (κ1) is 16.9. The van der Waals surface area contributed by atoms with Gasteiger partial charge in [0.05, 0.1) is 13.2 Å². The van der Waals surface area contributed by atoms with Crippen LogP contribution >= 0.6 is 17.1 Å². The van der Waals surface area contributed by atoms with Crippen molar-refractivity contribution in [1.29, 1.82) is 0 Å². The van der Waals surface area contributed by atoms with E-state index >= 15 is 0 Å². The molecule has 1 rings (SSSR count). The highest BCUT2D eigenvalue weighted by atomic mass is 32.9. The molecule has 0 spiro atoms. The van der Waals surface area contributed by atoms with Crippen LogP contribution in [0.25, 0.3) is 6.20 Å². The van der Waals surface area contributed by atoms with Crippen molar-refractivity contribution in [2.45, 2.75) is 13.8 Å². The van der Waals surface area contributed by atoms with Crippen LogP contribution in [0.2, 0.25) is 0 Å². The van der Waals surface area contributed by atoms with Gasteiger partial charge in [-0.3, -0.25) is 0 Å². The summed E-state index contributed by atoms with van der Waals surface area (Å²) in [5, 5.41) is 0. The third-order valence-electron chi connectivity index (χ3n) is 1.57. The van der Waals surface area contributed by atoms with Crippen molar-refractivity contribution in [3.05, 3.63) is 25.3 Å². The van der Waals surface area contributed by atoms with Crippen LogP contribution in [-0.2, 0) is 23.4 Å². The van der Waals surface area contributed by atoms with Gasteiger partial charge in [0.15, 0.2) is 0 Å². The Labute approximate surface area is 112 Å². The van der Waals surface area contributed by atoms with Gasteiger partial charge in [-0.15, -0.1) is 11.4 Å². The van der Waals surface area contributed by atoms with Crippen molar-refractivity contribution < 1.29 is 14.0 Å². The molecule has 0 saturated carbocycles. The normalized spacial score (nSPS) is 13.4. The van der Waals surface area contributed by atoms with E-state index in [-0.39, 0.29) is 0 Å². The molecule has 1 heterocycles. The van der Waals surface area contributed by atoms with Crippen LogP contribution in [-0.4, -0.2) is 16.9 Å². The maximum Gasteiger partial charge on any atom is 0.248 e. The molecule has 0 fully saturated rings. The number of aryl methyl sites for hydroxylation is 1. The van der Waals surface area contributed by atoms with Crippen LogP contribution in [0.3, 0.4) is 0 Å². The van der Waals surface area contributed by atoms with E-state index in [1.54, 1.807) is 13.1 Å². The van der Waals surface area contributed by atoms with Gasteiger partial charge in [0.25, 0.3) is 0 Å². The summed E-state index contributed by atoms with van der Waals surface area (Å²) in [4.78, 5) is 11.0. The van der Waals surface area contributed by atoms with Gasteiger partial charge < -0.3 is 9.42 Å². The molecule has 98 valence electrons. The zero-order chi connectivity index (χ0) is 13.3. The van der Waals surface area contributed by atoms with E-state index in [9.17, 15) is 4.89 Å². The van der Waals surface area contributed by atoms with Crippen molar-refractivity contribution >= 4 is 35.1 Å². The van der Waals surface area contributed by atoms with Crippen LogP contribution < -0.4 is 9.46 Å². The number of nitrogens with zero attached hydrogens (tertiary/aromatic N) is 2. The summed E-state index contributed by atoms with van der Waals surface area (Å²) in [6.07, 6.45) is 7.58. The second-order valence-corrected chi connectivity index (χ2v) is 9.33. The van der Waals surface area contributed by atoms with E-state index in [0.29, 0.717) is 6.61 Å². The average Bonchev–Trinajstić information content (AvgIpc) is 2.65. The second-order valence-electron chi connectivity index (χ2n) is 2.99. The van der Waals surface area contributed by atoms with Gasteiger partial charge in [-0.2, -0.15) is 0 Å². The standard InChI is InChI=1S/C6H9N2.C4H11O2PS2/c1-3-8-5-4-7(2)6-8;1-3-6-7(5,8)9-4-2/h3-6H,1H2,2H3;3-4H2,1-2H3,(H,5,8)/q+1;/p-1. The number of hydrogen-bond donors (Lipinski definition) is 0. The molecule has 0 aromatic carbocycles. The molecule has 17 heavy (non-hydrogen) atoms. The van der Waals surface area contributed by atoms with E-state index in [1.807, 2.05) is 41.8 Å². The number of hydrogen-bond acceptors (Lipinski definition) is 4. The maximum absolute atomic E-state index is 11.0. The highest BCUT2D eigenvalue weighted by Gasteiger charge is 1.98. The zero-order valence-electron chi connectivity index (χ0n) is 10.4. The molecular formula is C10H19N2O2PS2. The Hall–Kier alpha value is -0.130. The molecule has 0 aliphatic rings. The molecular weight excluding hydrogens is 275 g/mol. The SMILES string of the molecule is C=Cn1cc[n+](C)c1.CCOP([O-])(=S)SCC. The van der Waals surface area contributed by atoms with E-state index in [4.69, 9.17) is 4.52 Å². The topological polar surface area (TPSA) is 41.1 Å². The monoisotopic (exact) mass is 294 g/mol. The Bertz CT molecular complexity index is 372. The van der Waals surface area contributed by atoms with E-state index < -0.39 is 5.69 Å². The highest BCUT2D eigenvalue weighted by molar-refractivity contribution is 8.67. The molecule has 0 bridgehead atoms. The summed E-state index contributed by atoms with van der Waals surface area (Å²) in [5.74, 6) is 0.751. The summed E-state index contributed by atoms with van der Waals surface area (Å²) in [6.45, 7) is 7.72. The quantitative estimate of drug-likeness (QED) is 0.613. The molecule has 0 amide bonds. The minimum Gasteiger partial charge on any atom is -0.793 e. The molecule has 4 nitrogen and oxygen atoms in total. The van der Waals surface area contributed by atoms with Crippen molar-refractivity contribution in [2.75, 3.05) is 12.4 Å². The van der Waals surface area contributed by atoms with Gasteiger partial charge in [-0.1, -0.05) is 25.3 Å². The summed E-state index contributed by atoms with van der Waals surface area (Å²) >= 11 is 5.84. The molecule has 0 aliphatic heterocycles. The predicted molar refractivity (Wildman–Crippen MR) is 76.0 cm³/mol. The van der Waals surface area contributed by atoms with Crippen LogP contribution in [0.1, 0.15) is 13.8 Å². The lowest BCUT2D eigenvalue weighted by atomic mass is 10.8. The van der Waals surface area contributed by atoms with E-state index in [2.05, 4.69) is 18.4 Å². The second kappa shape index (κ2) is 8.89. The molecule has 1 aromatic rings. The number of imidazole rings is 1. The lowest BCUT2D eigenvalue weighted by Gasteiger charge is -2.25. The zero-order valence-corrected chi connectivity index (χ0v) is 12.9. The minimum atomic E-state index is -2.69. The smallest absolute Gasteiger partial charge is 0.248 e. The minimum absolute atomic E-state index is 0.438. The summed E-state index contributed by atoms with van der Waals surface area (Å²) in [7, 11) is 1.97. The van der Waals surface area contributed by atoms with Crippen molar-refractivity contribution in [2.24, 2.45) is 7.05 Å². The lowest BCUT2D eigenvalue weighted by Crippen LogP contribution is -2.23. The number of aromatic nitrogens is 2. The lowest BCUT2D eigenvalue weighted by molar-refractivity contribution is -0.670. The van der Waals surface area contributed by atoms with Crippen molar-refractivity contribution in [3.63, 3.8) is 0 Å². The summed E-state index contributed by atoms with van der Waals surface area (Å²) < 4.78 is 8.65. The Kier molecular flexibility index (Phi) is 8.82. The van der Waals surface area contributed by atoms with Gasteiger partial charge in [-0.25, -0.2) is 9.13 Å². The van der Waals surface area contributed by atoms with E-state index in [1.165, 1.54) is 11.4 Å². The van der Waals surface area contributed by atoms with Crippen molar-refractivity contribution in [1.82, 2.24) is 4.57 Å².